The highest BCUT2D eigenvalue weighted by Gasteiger charge is 2.16. The van der Waals surface area contributed by atoms with Crippen LogP contribution in [0, 0.1) is 6.92 Å². The van der Waals surface area contributed by atoms with Gasteiger partial charge in [-0.1, -0.05) is 18.9 Å². The van der Waals surface area contributed by atoms with Crippen molar-refractivity contribution in [2.75, 3.05) is 13.2 Å². The molecule has 0 radical (unpaired) electrons. The molecule has 1 saturated carbocycles. The molecule has 0 saturated heterocycles. The highest BCUT2D eigenvalue weighted by Crippen LogP contribution is 2.25. The van der Waals surface area contributed by atoms with E-state index >= 15 is 0 Å². The lowest BCUT2D eigenvalue weighted by Crippen LogP contribution is -2.33. The standard InChI is InChI=1S/C15H22BrNO3/c1-11-6-7-15(14(16)8-11)19-10-12(18)9-17-20-13-4-2-3-5-13/h6-8,12-13,17-18H,2-5,9-10H2,1H3. The lowest BCUT2D eigenvalue weighted by atomic mass is 10.2. The van der Waals surface area contributed by atoms with Crippen LogP contribution in [-0.2, 0) is 4.84 Å². The van der Waals surface area contributed by atoms with E-state index in [4.69, 9.17) is 9.57 Å². The van der Waals surface area contributed by atoms with Gasteiger partial charge in [-0.15, -0.1) is 0 Å². The Morgan fingerprint density at radius 2 is 2.15 bits per heavy atom. The van der Waals surface area contributed by atoms with E-state index < -0.39 is 6.10 Å². The molecule has 0 amide bonds. The molecule has 0 bridgehead atoms. The number of hydrogen-bond acceptors (Lipinski definition) is 4. The van der Waals surface area contributed by atoms with Crippen molar-refractivity contribution in [3.8, 4) is 5.75 Å². The number of aryl methyl sites for hydroxylation is 1. The van der Waals surface area contributed by atoms with E-state index in [2.05, 4.69) is 21.4 Å². The molecule has 1 aromatic carbocycles. The zero-order chi connectivity index (χ0) is 14.4. The number of benzene rings is 1. The maximum Gasteiger partial charge on any atom is 0.133 e. The van der Waals surface area contributed by atoms with E-state index in [1.807, 2.05) is 25.1 Å². The number of halogens is 1. The molecule has 1 atom stereocenters. The van der Waals surface area contributed by atoms with Gasteiger partial charge in [0.05, 0.1) is 17.1 Å². The molecule has 1 aliphatic carbocycles. The molecule has 5 heteroatoms. The predicted molar refractivity (Wildman–Crippen MR) is 81.7 cm³/mol. The van der Waals surface area contributed by atoms with E-state index in [1.165, 1.54) is 12.8 Å². The SMILES string of the molecule is Cc1ccc(OCC(O)CNOC2CCCC2)c(Br)c1. The van der Waals surface area contributed by atoms with Crippen molar-refractivity contribution >= 4 is 15.9 Å². The molecule has 0 spiro atoms. The maximum absolute atomic E-state index is 9.85. The maximum atomic E-state index is 9.85. The summed E-state index contributed by atoms with van der Waals surface area (Å²) in [5.41, 5.74) is 4.01. The van der Waals surface area contributed by atoms with Gasteiger partial charge in [0.15, 0.2) is 0 Å². The van der Waals surface area contributed by atoms with Gasteiger partial charge in [0.2, 0.25) is 0 Å². The van der Waals surface area contributed by atoms with Crippen molar-refractivity contribution in [1.29, 1.82) is 0 Å². The topological polar surface area (TPSA) is 50.7 Å². The zero-order valence-corrected chi connectivity index (χ0v) is 13.4. The van der Waals surface area contributed by atoms with Gasteiger partial charge in [0.1, 0.15) is 18.5 Å². The van der Waals surface area contributed by atoms with Crippen LogP contribution in [-0.4, -0.2) is 30.5 Å². The van der Waals surface area contributed by atoms with Gasteiger partial charge in [-0.2, -0.15) is 5.48 Å². The monoisotopic (exact) mass is 343 g/mol. The van der Waals surface area contributed by atoms with E-state index in [-0.39, 0.29) is 6.61 Å². The molecule has 0 aliphatic heterocycles. The van der Waals surface area contributed by atoms with Crippen molar-refractivity contribution in [2.24, 2.45) is 0 Å². The fourth-order valence-electron chi connectivity index (χ4n) is 2.24. The molecule has 20 heavy (non-hydrogen) atoms. The minimum absolute atomic E-state index is 0.239. The van der Waals surface area contributed by atoms with Crippen molar-refractivity contribution in [3.05, 3.63) is 28.2 Å². The molecular weight excluding hydrogens is 322 g/mol. The summed E-state index contributed by atoms with van der Waals surface area (Å²) in [5, 5.41) is 9.85. The molecule has 4 nitrogen and oxygen atoms in total. The summed E-state index contributed by atoms with van der Waals surface area (Å²) in [6, 6.07) is 5.87. The molecular formula is C15H22BrNO3. The highest BCUT2D eigenvalue weighted by molar-refractivity contribution is 9.10. The number of aliphatic hydroxyl groups is 1. The van der Waals surface area contributed by atoms with Crippen LogP contribution < -0.4 is 10.2 Å². The van der Waals surface area contributed by atoms with Gasteiger partial charge in [0, 0.05) is 0 Å². The van der Waals surface area contributed by atoms with Crippen LogP contribution in [0.25, 0.3) is 0 Å². The normalized spacial score (nSPS) is 17.4. The lowest BCUT2D eigenvalue weighted by molar-refractivity contribution is -0.0417. The third kappa shape index (κ3) is 5.05. The van der Waals surface area contributed by atoms with E-state index in [1.54, 1.807) is 0 Å². The summed E-state index contributed by atoms with van der Waals surface area (Å²) in [6.07, 6.45) is 4.39. The molecule has 1 aliphatic rings. The first-order valence-corrected chi connectivity index (χ1v) is 7.90. The van der Waals surface area contributed by atoms with Crippen molar-refractivity contribution in [2.45, 2.75) is 44.8 Å². The van der Waals surface area contributed by atoms with Crippen LogP contribution in [0.4, 0.5) is 0 Å². The Bertz CT molecular complexity index is 422. The average molecular weight is 344 g/mol. The fourth-order valence-corrected chi connectivity index (χ4v) is 2.84. The molecule has 1 unspecified atom stereocenters. The Kier molecular flexibility index (Phi) is 6.29. The fraction of sp³-hybridized carbons (Fsp3) is 0.600. The quantitative estimate of drug-likeness (QED) is 0.747. The Balaban J connectivity index is 1.65. The van der Waals surface area contributed by atoms with Crippen LogP contribution in [0.2, 0.25) is 0 Å². The summed E-state index contributed by atoms with van der Waals surface area (Å²) in [5.74, 6) is 0.742. The summed E-state index contributed by atoms with van der Waals surface area (Å²) in [6.45, 7) is 2.64. The first-order chi connectivity index (χ1) is 9.65. The predicted octanol–water partition coefficient (Wildman–Crippen LogP) is 2.96. The van der Waals surface area contributed by atoms with Crippen molar-refractivity contribution < 1.29 is 14.7 Å². The van der Waals surface area contributed by atoms with E-state index in [9.17, 15) is 5.11 Å². The second-order valence-electron chi connectivity index (χ2n) is 5.27. The van der Waals surface area contributed by atoms with Gasteiger partial charge in [-0.3, -0.25) is 4.84 Å². The first-order valence-electron chi connectivity index (χ1n) is 7.10. The molecule has 0 heterocycles. The van der Waals surface area contributed by atoms with Crippen molar-refractivity contribution in [3.63, 3.8) is 0 Å². The summed E-state index contributed by atoms with van der Waals surface area (Å²) >= 11 is 3.45. The van der Waals surface area contributed by atoms with Crippen LogP contribution in [0.5, 0.6) is 5.75 Å². The average Bonchev–Trinajstić information content (AvgIpc) is 2.91. The number of nitrogens with one attached hydrogen (secondary N) is 1. The van der Waals surface area contributed by atoms with Gasteiger partial charge in [0.25, 0.3) is 0 Å². The number of hydrogen-bond donors (Lipinski definition) is 2. The summed E-state index contributed by atoms with van der Waals surface area (Å²) in [7, 11) is 0. The number of hydroxylamine groups is 1. The lowest BCUT2D eigenvalue weighted by Gasteiger charge is -2.16. The first kappa shape index (κ1) is 15.8. The molecule has 1 fully saturated rings. The number of aliphatic hydroxyl groups excluding tert-OH is 1. The number of rotatable bonds is 7. The Hall–Kier alpha value is -0.620. The van der Waals surface area contributed by atoms with Crippen LogP contribution in [0.15, 0.2) is 22.7 Å². The molecule has 112 valence electrons. The minimum atomic E-state index is -0.593. The third-order valence-corrected chi connectivity index (χ3v) is 4.01. The Morgan fingerprint density at radius 3 is 2.85 bits per heavy atom. The van der Waals surface area contributed by atoms with Gasteiger partial charge in [-0.25, -0.2) is 0 Å². The minimum Gasteiger partial charge on any atom is -0.490 e. The van der Waals surface area contributed by atoms with E-state index in [0.29, 0.717) is 12.6 Å². The highest BCUT2D eigenvalue weighted by atomic mass is 79.9. The smallest absolute Gasteiger partial charge is 0.133 e. The van der Waals surface area contributed by atoms with E-state index in [0.717, 1.165) is 28.6 Å². The Morgan fingerprint density at radius 1 is 1.40 bits per heavy atom. The second kappa shape index (κ2) is 7.98. The zero-order valence-electron chi connectivity index (χ0n) is 11.8. The van der Waals surface area contributed by atoms with Gasteiger partial charge < -0.3 is 9.84 Å². The summed E-state index contributed by atoms with van der Waals surface area (Å²) < 4.78 is 6.49. The molecule has 1 aromatic rings. The van der Waals surface area contributed by atoms with Gasteiger partial charge in [-0.05, 0) is 53.4 Å². The van der Waals surface area contributed by atoms with Crippen molar-refractivity contribution in [1.82, 2.24) is 5.48 Å². The second-order valence-corrected chi connectivity index (χ2v) is 6.13. The molecule has 2 N–H and O–H groups in total. The van der Waals surface area contributed by atoms with Gasteiger partial charge >= 0.3 is 0 Å². The van der Waals surface area contributed by atoms with Crippen LogP contribution >= 0.6 is 15.9 Å². The third-order valence-electron chi connectivity index (χ3n) is 3.39. The van der Waals surface area contributed by atoms with Crippen LogP contribution in [0.3, 0.4) is 0 Å². The number of ether oxygens (including phenoxy) is 1. The Labute approximate surface area is 128 Å². The molecule has 0 aromatic heterocycles. The van der Waals surface area contributed by atoms with Crippen LogP contribution in [0.1, 0.15) is 31.2 Å². The molecule has 2 rings (SSSR count). The largest absolute Gasteiger partial charge is 0.490 e. The summed E-state index contributed by atoms with van der Waals surface area (Å²) in [4.78, 5) is 5.49.